The molecular formula is C14H18N2O3S3. The fraction of sp³-hybridized carbons (Fsp3) is 0.357. The van der Waals surface area contributed by atoms with Crippen LogP contribution in [0.1, 0.15) is 17.4 Å². The minimum absolute atomic E-state index is 0.212. The molecule has 0 aliphatic rings. The average Bonchev–Trinajstić information content (AvgIpc) is 3.10. The van der Waals surface area contributed by atoms with Gasteiger partial charge in [0.25, 0.3) is 10.0 Å². The normalized spacial score (nSPS) is 13.0. The number of likely N-dealkylation sites (N-methyl/N-ethyl adjacent to an activating group) is 1. The third-order valence-electron chi connectivity index (χ3n) is 3.19. The van der Waals surface area contributed by atoms with Gasteiger partial charge in [0.1, 0.15) is 4.21 Å². The molecule has 2 heterocycles. The third-order valence-corrected chi connectivity index (χ3v) is 7.13. The standard InChI is InChI=1S/C14H18N2O3S3/c1-10-6-8-20-12(10)9-16(3)14(17)11(2)15-22(18,19)13-5-4-7-21-13/h4-8,11,15H,9H2,1-3H3/t11-/m1/s1. The maximum absolute atomic E-state index is 12.3. The maximum atomic E-state index is 12.3. The van der Waals surface area contributed by atoms with E-state index >= 15 is 0 Å². The quantitative estimate of drug-likeness (QED) is 0.862. The molecule has 2 aromatic rings. The van der Waals surface area contributed by atoms with Crippen molar-refractivity contribution < 1.29 is 13.2 Å². The fourth-order valence-corrected chi connectivity index (χ4v) is 5.11. The molecule has 0 unspecified atom stereocenters. The van der Waals surface area contributed by atoms with Crippen LogP contribution in [0.15, 0.2) is 33.2 Å². The molecule has 0 fully saturated rings. The predicted molar refractivity (Wildman–Crippen MR) is 89.6 cm³/mol. The molecule has 22 heavy (non-hydrogen) atoms. The van der Waals surface area contributed by atoms with Crippen LogP contribution in [0, 0.1) is 6.92 Å². The monoisotopic (exact) mass is 358 g/mol. The van der Waals surface area contributed by atoms with Gasteiger partial charge in [-0.05, 0) is 42.3 Å². The number of rotatable bonds is 6. The van der Waals surface area contributed by atoms with Crippen LogP contribution >= 0.6 is 22.7 Å². The highest BCUT2D eigenvalue weighted by Crippen LogP contribution is 2.18. The van der Waals surface area contributed by atoms with Crippen molar-refractivity contribution in [2.24, 2.45) is 0 Å². The minimum Gasteiger partial charge on any atom is -0.339 e. The first-order chi connectivity index (χ1) is 10.3. The van der Waals surface area contributed by atoms with E-state index in [1.165, 1.54) is 6.07 Å². The van der Waals surface area contributed by atoms with E-state index in [4.69, 9.17) is 0 Å². The van der Waals surface area contributed by atoms with Crippen molar-refractivity contribution in [1.29, 1.82) is 0 Å². The molecule has 0 saturated heterocycles. The van der Waals surface area contributed by atoms with Crippen molar-refractivity contribution in [2.75, 3.05) is 7.05 Å². The van der Waals surface area contributed by atoms with Gasteiger partial charge in [-0.3, -0.25) is 4.79 Å². The van der Waals surface area contributed by atoms with E-state index < -0.39 is 16.1 Å². The molecule has 0 aromatic carbocycles. The van der Waals surface area contributed by atoms with Crippen molar-refractivity contribution in [1.82, 2.24) is 9.62 Å². The molecular weight excluding hydrogens is 340 g/mol. The molecule has 0 aliphatic heterocycles. The number of amides is 1. The first-order valence-corrected chi connectivity index (χ1v) is 9.89. The number of hydrogen-bond donors (Lipinski definition) is 1. The molecule has 0 radical (unpaired) electrons. The zero-order chi connectivity index (χ0) is 16.3. The van der Waals surface area contributed by atoms with E-state index in [-0.39, 0.29) is 10.1 Å². The van der Waals surface area contributed by atoms with Crippen LogP contribution in [-0.2, 0) is 21.4 Å². The summed E-state index contributed by atoms with van der Waals surface area (Å²) in [5.74, 6) is -0.257. The second-order valence-electron chi connectivity index (χ2n) is 5.00. The number of carbonyl (C=O) groups is 1. The Bertz CT molecular complexity index is 735. The smallest absolute Gasteiger partial charge is 0.250 e. The molecule has 2 aromatic heterocycles. The summed E-state index contributed by atoms with van der Waals surface area (Å²) >= 11 is 2.71. The Balaban J connectivity index is 2.01. The molecule has 1 atom stereocenters. The number of aryl methyl sites for hydroxylation is 1. The van der Waals surface area contributed by atoms with Crippen molar-refractivity contribution in [3.05, 3.63) is 39.4 Å². The van der Waals surface area contributed by atoms with E-state index in [9.17, 15) is 13.2 Å². The largest absolute Gasteiger partial charge is 0.339 e. The van der Waals surface area contributed by atoms with Crippen LogP contribution in [-0.4, -0.2) is 32.3 Å². The van der Waals surface area contributed by atoms with Gasteiger partial charge < -0.3 is 4.90 Å². The number of nitrogens with zero attached hydrogens (tertiary/aromatic N) is 1. The second kappa shape index (κ2) is 6.91. The maximum Gasteiger partial charge on any atom is 0.250 e. The lowest BCUT2D eigenvalue weighted by atomic mass is 10.2. The van der Waals surface area contributed by atoms with Crippen LogP contribution in [0.4, 0.5) is 0 Å². The highest BCUT2D eigenvalue weighted by Gasteiger charge is 2.25. The predicted octanol–water partition coefficient (Wildman–Crippen LogP) is 2.44. The number of thiophene rings is 2. The summed E-state index contributed by atoms with van der Waals surface area (Å²) in [6.45, 7) is 4.03. The van der Waals surface area contributed by atoms with E-state index in [2.05, 4.69) is 4.72 Å². The Kier molecular flexibility index (Phi) is 5.38. The average molecular weight is 359 g/mol. The van der Waals surface area contributed by atoms with E-state index in [0.717, 1.165) is 21.8 Å². The molecule has 8 heteroatoms. The lowest BCUT2D eigenvalue weighted by Gasteiger charge is -2.21. The lowest BCUT2D eigenvalue weighted by Crippen LogP contribution is -2.45. The van der Waals surface area contributed by atoms with Crippen molar-refractivity contribution >= 4 is 38.6 Å². The molecule has 1 N–H and O–H groups in total. The van der Waals surface area contributed by atoms with Crippen molar-refractivity contribution in [3.63, 3.8) is 0 Å². The Morgan fingerprint density at radius 2 is 2.05 bits per heavy atom. The Labute approximate surface area is 138 Å². The van der Waals surface area contributed by atoms with Gasteiger partial charge in [0, 0.05) is 11.9 Å². The van der Waals surface area contributed by atoms with Gasteiger partial charge in [-0.25, -0.2) is 8.42 Å². The van der Waals surface area contributed by atoms with Gasteiger partial charge in [-0.1, -0.05) is 6.07 Å². The number of hydrogen-bond acceptors (Lipinski definition) is 5. The van der Waals surface area contributed by atoms with Crippen molar-refractivity contribution in [2.45, 2.75) is 30.6 Å². The topological polar surface area (TPSA) is 66.5 Å². The summed E-state index contributed by atoms with van der Waals surface area (Å²) in [5, 5.41) is 3.67. The van der Waals surface area contributed by atoms with E-state index in [1.807, 2.05) is 18.4 Å². The summed E-state index contributed by atoms with van der Waals surface area (Å²) in [6, 6.07) is 4.37. The number of sulfonamides is 1. The highest BCUT2D eigenvalue weighted by atomic mass is 32.2. The zero-order valence-electron chi connectivity index (χ0n) is 12.6. The second-order valence-corrected chi connectivity index (χ2v) is 8.89. The van der Waals surface area contributed by atoms with Gasteiger partial charge in [0.05, 0.1) is 12.6 Å². The third kappa shape index (κ3) is 3.95. The molecule has 0 aliphatic carbocycles. The summed E-state index contributed by atoms with van der Waals surface area (Å²) in [5.41, 5.74) is 1.14. The molecule has 1 amide bonds. The summed E-state index contributed by atoms with van der Waals surface area (Å²) in [4.78, 5) is 15.0. The molecule has 0 bridgehead atoms. The van der Waals surface area contributed by atoms with Gasteiger partial charge in [-0.2, -0.15) is 4.72 Å². The van der Waals surface area contributed by atoms with Gasteiger partial charge in [0.2, 0.25) is 5.91 Å². The lowest BCUT2D eigenvalue weighted by molar-refractivity contribution is -0.131. The SMILES string of the molecule is Cc1ccsc1CN(C)C(=O)[C@@H](C)NS(=O)(=O)c1cccs1. The summed E-state index contributed by atoms with van der Waals surface area (Å²) < 4.78 is 26.9. The highest BCUT2D eigenvalue weighted by molar-refractivity contribution is 7.91. The summed E-state index contributed by atoms with van der Waals surface area (Å²) in [7, 11) is -1.96. The molecule has 0 saturated carbocycles. The van der Waals surface area contributed by atoms with Crippen molar-refractivity contribution in [3.8, 4) is 0 Å². The van der Waals surface area contributed by atoms with Crippen LogP contribution in [0.2, 0.25) is 0 Å². The van der Waals surface area contributed by atoms with Gasteiger partial charge in [0.15, 0.2) is 0 Å². The summed E-state index contributed by atoms with van der Waals surface area (Å²) in [6.07, 6.45) is 0. The minimum atomic E-state index is -3.64. The first kappa shape index (κ1) is 17.1. The van der Waals surface area contributed by atoms with Crippen LogP contribution in [0.25, 0.3) is 0 Å². The molecule has 5 nitrogen and oxygen atoms in total. The van der Waals surface area contributed by atoms with Crippen LogP contribution in [0.5, 0.6) is 0 Å². The Hall–Kier alpha value is -1.22. The fourth-order valence-electron chi connectivity index (χ4n) is 1.95. The van der Waals surface area contributed by atoms with E-state index in [0.29, 0.717) is 6.54 Å². The molecule has 0 spiro atoms. The number of nitrogens with one attached hydrogen (secondary N) is 1. The zero-order valence-corrected chi connectivity index (χ0v) is 15.0. The molecule has 120 valence electrons. The Morgan fingerprint density at radius 3 is 2.59 bits per heavy atom. The van der Waals surface area contributed by atoms with Crippen LogP contribution < -0.4 is 4.72 Å². The van der Waals surface area contributed by atoms with Crippen LogP contribution in [0.3, 0.4) is 0 Å². The van der Waals surface area contributed by atoms with E-state index in [1.54, 1.807) is 41.7 Å². The van der Waals surface area contributed by atoms with Gasteiger partial charge in [-0.15, -0.1) is 22.7 Å². The Morgan fingerprint density at radius 1 is 1.32 bits per heavy atom. The molecule has 2 rings (SSSR count). The first-order valence-electron chi connectivity index (χ1n) is 6.65. The van der Waals surface area contributed by atoms with Gasteiger partial charge >= 0.3 is 0 Å². The number of carbonyl (C=O) groups excluding carboxylic acids is 1.